The molecule has 112 valence electrons. The first-order valence-electron chi connectivity index (χ1n) is 7.22. The average Bonchev–Trinajstić information content (AvgIpc) is 2.89. The van der Waals surface area contributed by atoms with Crippen molar-refractivity contribution in [2.45, 2.75) is 12.5 Å². The Hall–Kier alpha value is -2.08. The van der Waals surface area contributed by atoms with Crippen LogP contribution in [0.4, 0.5) is 10.5 Å². The summed E-state index contributed by atoms with van der Waals surface area (Å²) in [6, 6.07) is 9.31. The Labute approximate surface area is 123 Å². The number of ether oxygens (including phenoxy) is 1. The van der Waals surface area contributed by atoms with E-state index in [-0.39, 0.29) is 18.0 Å². The predicted molar refractivity (Wildman–Crippen MR) is 78.1 cm³/mol. The smallest absolute Gasteiger partial charge is 0.317 e. The maximum Gasteiger partial charge on any atom is 0.317 e. The third-order valence-electron chi connectivity index (χ3n) is 3.82. The third kappa shape index (κ3) is 3.16. The second-order valence-corrected chi connectivity index (χ2v) is 5.29. The molecule has 2 aliphatic heterocycles. The van der Waals surface area contributed by atoms with Gasteiger partial charge >= 0.3 is 6.03 Å². The lowest BCUT2D eigenvalue weighted by molar-refractivity contribution is -0.117. The summed E-state index contributed by atoms with van der Waals surface area (Å²) in [5, 5.41) is 2.95. The fourth-order valence-electron chi connectivity index (χ4n) is 2.69. The molecule has 3 amide bonds. The number of hydrogen-bond acceptors (Lipinski definition) is 3. The molecule has 21 heavy (non-hydrogen) atoms. The summed E-state index contributed by atoms with van der Waals surface area (Å²) in [6.07, 6.45) is 0.352. The van der Waals surface area contributed by atoms with Crippen molar-refractivity contribution in [3.8, 4) is 0 Å². The van der Waals surface area contributed by atoms with Crippen LogP contribution < -0.4 is 10.2 Å². The molecule has 0 unspecified atom stereocenters. The fourth-order valence-corrected chi connectivity index (χ4v) is 2.69. The SMILES string of the molecule is O=C(N[C@H]1CC(=O)N(c2ccccc2)C1)N1CCOCC1. The first-order chi connectivity index (χ1) is 10.2. The van der Waals surface area contributed by atoms with Crippen molar-refractivity contribution in [3.63, 3.8) is 0 Å². The second-order valence-electron chi connectivity index (χ2n) is 5.29. The van der Waals surface area contributed by atoms with Gasteiger partial charge in [0.25, 0.3) is 0 Å². The molecule has 1 atom stereocenters. The number of carbonyl (C=O) groups is 2. The Morgan fingerprint density at radius 1 is 1.19 bits per heavy atom. The van der Waals surface area contributed by atoms with Crippen molar-refractivity contribution >= 4 is 17.6 Å². The number of urea groups is 1. The van der Waals surface area contributed by atoms with Gasteiger partial charge in [0.1, 0.15) is 0 Å². The number of para-hydroxylation sites is 1. The maximum atomic E-state index is 12.1. The van der Waals surface area contributed by atoms with Crippen LogP contribution in [0.3, 0.4) is 0 Å². The van der Waals surface area contributed by atoms with Gasteiger partial charge in [0.15, 0.2) is 0 Å². The Balaban J connectivity index is 1.58. The normalized spacial score (nSPS) is 22.5. The molecule has 0 aromatic heterocycles. The van der Waals surface area contributed by atoms with Gasteiger partial charge in [-0.25, -0.2) is 4.79 Å². The number of nitrogens with one attached hydrogen (secondary N) is 1. The molecular weight excluding hydrogens is 270 g/mol. The van der Waals surface area contributed by atoms with Crippen LogP contribution in [-0.4, -0.2) is 55.7 Å². The minimum absolute atomic E-state index is 0.0495. The molecule has 1 N–H and O–H groups in total. The van der Waals surface area contributed by atoms with Gasteiger partial charge in [-0.2, -0.15) is 0 Å². The van der Waals surface area contributed by atoms with Crippen LogP contribution in [0.5, 0.6) is 0 Å². The van der Waals surface area contributed by atoms with Crippen LogP contribution >= 0.6 is 0 Å². The molecule has 6 nitrogen and oxygen atoms in total. The highest BCUT2D eigenvalue weighted by atomic mass is 16.5. The average molecular weight is 289 g/mol. The second kappa shape index (κ2) is 6.13. The van der Waals surface area contributed by atoms with Gasteiger partial charge in [-0.3, -0.25) is 4.79 Å². The zero-order valence-corrected chi connectivity index (χ0v) is 11.8. The van der Waals surface area contributed by atoms with Gasteiger partial charge in [-0.15, -0.1) is 0 Å². The highest BCUT2D eigenvalue weighted by Gasteiger charge is 2.32. The maximum absolute atomic E-state index is 12.1. The van der Waals surface area contributed by atoms with Crippen molar-refractivity contribution in [2.75, 3.05) is 37.7 Å². The molecule has 0 saturated carbocycles. The van der Waals surface area contributed by atoms with Crippen LogP contribution in [0.15, 0.2) is 30.3 Å². The van der Waals surface area contributed by atoms with Crippen LogP contribution in [0.1, 0.15) is 6.42 Å². The lowest BCUT2D eigenvalue weighted by atomic mass is 10.2. The van der Waals surface area contributed by atoms with E-state index in [1.54, 1.807) is 9.80 Å². The summed E-state index contributed by atoms with van der Waals surface area (Å²) in [7, 11) is 0. The highest BCUT2D eigenvalue weighted by molar-refractivity contribution is 5.96. The minimum Gasteiger partial charge on any atom is -0.378 e. The van der Waals surface area contributed by atoms with Gasteiger partial charge in [0, 0.05) is 31.7 Å². The molecule has 1 aromatic carbocycles. The Bertz CT molecular complexity index is 514. The van der Waals surface area contributed by atoms with Crippen LogP contribution in [-0.2, 0) is 9.53 Å². The number of nitrogens with zero attached hydrogens (tertiary/aromatic N) is 2. The van der Waals surface area contributed by atoms with Crippen molar-refractivity contribution in [1.29, 1.82) is 0 Å². The monoisotopic (exact) mass is 289 g/mol. The third-order valence-corrected chi connectivity index (χ3v) is 3.82. The standard InChI is InChI=1S/C15H19N3O3/c19-14-10-12(11-18(14)13-4-2-1-3-5-13)16-15(20)17-6-8-21-9-7-17/h1-5,12H,6-11H2,(H,16,20)/t12-/m0/s1. The highest BCUT2D eigenvalue weighted by Crippen LogP contribution is 2.21. The van der Waals surface area contributed by atoms with Crippen molar-refractivity contribution in [2.24, 2.45) is 0 Å². The van der Waals surface area contributed by atoms with Crippen LogP contribution in [0.2, 0.25) is 0 Å². The first-order valence-corrected chi connectivity index (χ1v) is 7.22. The van der Waals surface area contributed by atoms with Gasteiger partial charge in [0.05, 0.1) is 19.3 Å². The summed E-state index contributed by atoms with van der Waals surface area (Å²) in [5.74, 6) is 0.0495. The quantitative estimate of drug-likeness (QED) is 0.877. The molecule has 1 aromatic rings. The van der Waals surface area contributed by atoms with E-state index < -0.39 is 0 Å². The van der Waals surface area contributed by atoms with E-state index in [0.717, 1.165) is 5.69 Å². The number of hydrogen-bond donors (Lipinski definition) is 1. The van der Waals surface area contributed by atoms with E-state index in [0.29, 0.717) is 39.3 Å². The lowest BCUT2D eigenvalue weighted by Gasteiger charge is -2.28. The lowest BCUT2D eigenvalue weighted by Crippen LogP contribution is -2.49. The molecule has 2 fully saturated rings. The zero-order chi connectivity index (χ0) is 14.7. The number of rotatable bonds is 2. The number of amides is 3. The van der Waals surface area contributed by atoms with Crippen molar-refractivity contribution in [1.82, 2.24) is 10.2 Å². The van der Waals surface area contributed by atoms with Crippen LogP contribution in [0.25, 0.3) is 0 Å². The van der Waals surface area contributed by atoms with Crippen molar-refractivity contribution < 1.29 is 14.3 Å². The molecule has 0 bridgehead atoms. The molecule has 0 radical (unpaired) electrons. The van der Waals surface area contributed by atoms with Gasteiger partial charge < -0.3 is 19.9 Å². The van der Waals surface area contributed by atoms with Crippen molar-refractivity contribution in [3.05, 3.63) is 30.3 Å². The summed E-state index contributed by atoms with van der Waals surface area (Å²) >= 11 is 0. The minimum atomic E-state index is -0.131. The number of benzene rings is 1. The number of anilines is 1. The number of carbonyl (C=O) groups excluding carboxylic acids is 2. The Kier molecular flexibility index (Phi) is 4.06. The molecule has 0 spiro atoms. The fraction of sp³-hybridized carbons (Fsp3) is 0.467. The summed E-state index contributed by atoms with van der Waals surface area (Å²) in [4.78, 5) is 27.7. The summed E-state index contributed by atoms with van der Waals surface area (Å²) in [6.45, 7) is 2.89. The predicted octanol–water partition coefficient (Wildman–Crippen LogP) is 0.834. The first kappa shape index (κ1) is 13.9. The van der Waals surface area contributed by atoms with E-state index in [9.17, 15) is 9.59 Å². The van der Waals surface area contributed by atoms with Gasteiger partial charge in [-0.1, -0.05) is 18.2 Å². The van der Waals surface area contributed by atoms with E-state index in [4.69, 9.17) is 4.74 Å². The topological polar surface area (TPSA) is 61.9 Å². The number of morpholine rings is 1. The Morgan fingerprint density at radius 3 is 2.62 bits per heavy atom. The van der Waals surface area contributed by atoms with Gasteiger partial charge in [-0.05, 0) is 12.1 Å². The van der Waals surface area contributed by atoms with E-state index in [1.807, 2.05) is 30.3 Å². The molecule has 2 saturated heterocycles. The Morgan fingerprint density at radius 2 is 1.90 bits per heavy atom. The van der Waals surface area contributed by atoms with E-state index in [2.05, 4.69) is 5.32 Å². The molecule has 3 rings (SSSR count). The molecule has 0 aliphatic carbocycles. The molecular formula is C15H19N3O3. The largest absolute Gasteiger partial charge is 0.378 e. The summed E-state index contributed by atoms with van der Waals surface area (Å²) < 4.78 is 5.23. The zero-order valence-electron chi connectivity index (χ0n) is 11.8. The van der Waals surface area contributed by atoms with E-state index in [1.165, 1.54) is 0 Å². The summed E-state index contributed by atoms with van der Waals surface area (Å²) in [5.41, 5.74) is 0.880. The molecule has 2 aliphatic rings. The van der Waals surface area contributed by atoms with Crippen LogP contribution in [0, 0.1) is 0 Å². The molecule has 2 heterocycles. The van der Waals surface area contributed by atoms with E-state index >= 15 is 0 Å². The van der Waals surface area contributed by atoms with Gasteiger partial charge in [0.2, 0.25) is 5.91 Å². The molecule has 6 heteroatoms.